The Labute approximate surface area is 147 Å². The first-order chi connectivity index (χ1) is 11.9. The molecule has 0 spiro atoms. The Kier molecular flexibility index (Phi) is 4.70. The molecule has 0 bridgehead atoms. The Balaban J connectivity index is 1.63. The summed E-state index contributed by atoms with van der Waals surface area (Å²) in [6, 6.07) is 7.79. The van der Waals surface area contributed by atoms with Crippen molar-refractivity contribution in [3.8, 4) is 0 Å². The van der Waals surface area contributed by atoms with E-state index in [1.165, 1.54) is 5.56 Å². The molecule has 25 heavy (non-hydrogen) atoms. The van der Waals surface area contributed by atoms with Gasteiger partial charge in [-0.15, -0.1) is 0 Å². The van der Waals surface area contributed by atoms with E-state index in [1.54, 1.807) is 28.9 Å². The number of hydrogen-bond donors (Lipinski definition) is 1. The van der Waals surface area contributed by atoms with Gasteiger partial charge in [-0.1, -0.05) is 29.8 Å². The Bertz CT molecular complexity index is 820. The third-order valence-corrected chi connectivity index (χ3v) is 4.28. The second-order valence-electron chi connectivity index (χ2n) is 6.49. The van der Waals surface area contributed by atoms with Crippen molar-refractivity contribution < 1.29 is 9.59 Å². The summed E-state index contributed by atoms with van der Waals surface area (Å²) in [5.74, 6) is -0.148. The van der Waals surface area contributed by atoms with Gasteiger partial charge < -0.3 is 10.2 Å². The van der Waals surface area contributed by atoms with E-state index in [2.05, 4.69) is 10.4 Å². The monoisotopic (exact) mass is 338 g/mol. The van der Waals surface area contributed by atoms with E-state index < -0.39 is 0 Å². The fourth-order valence-corrected chi connectivity index (χ4v) is 2.88. The molecule has 1 aromatic heterocycles. The number of carbonyl (C=O) groups is 2. The summed E-state index contributed by atoms with van der Waals surface area (Å²) in [5, 5.41) is 7.04. The number of hydrogen-bond acceptors (Lipinski definition) is 3. The summed E-state index contributed by atoms with van der Waals surface area (Å²) in [6.45, 7) is 4.27. The van der Waals surface area contributed by atoms with Crippen LogP contribution in [0.4, 0.5) is 5.69 Å². The van der Waals surface area contributed by atoms with Crippen LogP contribution >= 0.6 is 0 Å². The van der Waals surface area contributed by atoms with Crippen molar-refractivity contribution in [3.05, 3.63) is 53.4 Å². The van der Waals surface area contributed by atoms with Crippen molar-refractivity contribution in [2.45, 2.75) is 26.3 Å². The highest BCUT2D eigenvalue weighted by molar-refractivity contribution is 6.00. The molecule has 3 rings (SSSR count). The number of rotatable bonds is 4. The van der Waals surface area contributed by atoms with Gasteiger partial charge in [-0.2, -0.15) is 5.10 Å². The van der Waals surface area contributed by atoms with Gasteiger partial charge in [-0.05, 0) is 25.5 Å². The molecule has 0 aliphatic carbocycles. The predicted molar refractivity (Wildman–Crippen MR) is 96.9 cm³/mol. The van der Waals surface area contributed by atoms with Crippen LogP contribution < -0.4 is 10.2 Å². The van der Waals surface area contributed by atoms with Crippen molar-refractivity contribution >= 4 is 23.6 Å². The van der Waals surface area contributed by atoms with Crippen molar-refractivity contribution in [1.29, 1.82) is 0 Å². The maximum Gasteiger partial charge on any atom is 0.247 e. The fraction of sp³-hybridized carbons (Fsp3) is 0.316. The molecule has 6 heteroatoms. The SMILES string of the molecule is C/C(=C\c1ccc(C)cc1)C(=O)NC1CC(=O)N(c2cnn(C)c2)C1. The number of nitrogens with zero attached hydrogens (tertiary/aromatic N) is 3. The van der Waals surface area contributed by atoms with E-state index in [0.29, 0.717) is 18.5 Å². The molecule has 1 N–H and O–H groups in total. The Morgan fingerprint density at radius 2 is 2.04 bits per heavy atom. The number of aromatic nitrogens is 2. The topological polar surface area (TPSA) is 67.2 Å². The molecular weight excluding hydrogens is 316 g/mol. The summed E-state index contributed by atoms with van der Waals surface area (Å²) in [7, 11) is 1.81. The second-order valence-corrected chi connectivity index (χ2v) is 6.49. The highest BCUT2D eigenvalue weighted by Gasteiger charge is 2.32. The van der Waals surface area contributed by atoms with Crippen LogP contribution in [0.15, 0.2) is 42.2 Å². The smallest absolute Gasteiger partial charge is 0.247 e. The van der Waals surface area contributed by atoms with Crippen LogP contribution in [0.3, 0.4) is 0 Å². The van der Waals surface area contributed by atoms with Gasteiger partial charge in [0.15, 0.2) is 0 Å². The maximum atomic E-state index is 12.4. The van der Waals surface area contributed by atoms with Crippen molar-refractivity contribution in [3.63, 3.8) is 0 Å². The summed E-state index contributed by atoms with van der Waals surface area (Å²) in [4.78, 5) is 26.3. The Hall–Kier alpha value is -2.89. The van der Waals surface area contributed by atoms with Crippen LogP contribution in [0, 0.1) is 6.92 Å². The molecule has 2 aromatic rings. The first-order valence-corrected chi connectivity index (χ1v) is 8.27. The van der Waals surface area contributed by atoms with Crippen molar-refractivity contribution in [2.75, 3.05) is 11.4 Å². The highest BCUT2D eigenvalue weighted by atomic mass is 16.2. The molecule has 1 saturated heterocycles. The van der Waals surface area contributed by atoms with Gasteiger partial charge in [-0.25, -0.2) is 0 Å². The lowest BCUT2D eigenvalue weighted by Crippen LogP contribution is -2.37. The zero-order chi connectivity index (χ0) is 18.0. The minimum absolute atomic E-state index is 0.00142. The zero-order valence-electron chi connectivity index (χ0n) is 14.7. The van der Waals surface area contributed by atoms with Gasteiger partial charge in [0, 0.05) is 31.8 Å². The highest BCUT2D eigenvalue weighted by Crippen LogP contribution is 2.21. The zero-order valence-corrected chi connectivity index (χ0v) is 14.7. The van der Waals surface area contributed by atoms with Crippen molar-refractivity contribution in [1.82, 2.24) is 15.1 Å². The first kappa shape index (κ1) is 17.0. The molecule has 1 aliphatic heterocycles. The number of anilines is 1. The molecule has 2 heterocycles. The number of nitrogens with one attached hydrogen (secondary N) is 1. The van der Waals surface area contributed by atoms with Crippen LogP contribution in [0.2, 0.25) is 0 Å². The van der Waals surface area contributed by atoms with Crippen molar-refractivity contribution in [2.24, 2.45) is 7.05 Å². The first-order valence-electron chi connectivity index (χ1n) is 8.27. The lowest BCUT2D eigenvalue weighted by Gasteiger charge is -2.15. The normalized spacial score (nSPS) is 17.9. The maximum absolute atomic E-state index is 12.4. The summed E-state index contributed by atoms with van der Waals surface area (Å²) < 4.78 is 1.66. The second kappa shape index (κ2) is 6.93. The molecule has 1 atom stereocenters. The lowest BCUT2D eigenvalue weighted by molar-refractivity contribution is -0.118. The van der Waals surface area contributed by atoms with Crippen LogP contribution in [0.5, 0.6) is 0 Å². The Morgan fingerprint density at radius 1 is 1.32 bits per heavy atom. The number of benzene rings is 1. The van der Waals surface area contributed by atoms with E-state index >= 15 is 0 Å². The summed E-state index contributed by atoms with van der Waals surface area (Å²) >= 11 is 0. The summed E-state index contributed by atoms with van der Waals surface area (Å²) in [5.41, 5.74) is 3.55. The minimum Gasteiger partial charge on any atom is -0.347 e. The number of aryl methyl sites for hydroxylation is 2. The lowest BCUT2D eigenvalue weighted by atomic mass is 10.1. The van der Waals surface area contributed by atoms with Crippen LogP contribution in [0.1, 0.15) is 24.5 Å². The molecule has 130 valence electrons. The van der Waals surface area contributed by atoms with Gasteiger partial charge in [-0.3, -0.25) is 14.3 Å². The van der Waals surface area contributed by atoms with Gasteiger partial charge in [0.25, 0.3) is 0 Å². The molecule has 1 aliphatic rings. The third kappa shape index (κ3) is 3.96. The predicted octanol–water partition coefficient (Wildman–Crippen LogP) is 2.05. The molecule has 1 unspecified atom stereocenters. The Morgan fingerprint density at radius 3 is 2.68 bits per heavy atom. The average Bonchev–Trinajstić information content (AvgIpc) is 3.15. The molecule has 1 aromatic carbocycles. The van der Waals surface area contributed by atoms with E-state index in [1.807, 2.05) is 44.3 Å². The fourth-order valence-electron chi connectivity index (χ4n) is 2.88. The largest absolute Gasteiger partial charge is 0.347 e. The van der Waals surface area contributed by atoms with E-state index in [-0.39, 0.29) is 17.9 Å². The number of amides is 2. The molecule has 0 radical (unpaired) electrons. The van der Waals surface area contributed by atoms with Crippen LogP contribution in [-0.4, -0.2) is 34.2 Å². The quantitative estimate of drug-likeness (QED) is 0.868. The van der Waals surface area contributed by atoms with Gasteiger partial charge >= 0.3 is 0 Å². The van der Waals surface area contributed by atoms with Crippen LogP contribution in [0.25, 0.3) is 6.08 Å². The molecule has 1 fully saturated rings. The molecule has 0 saturated carbocycles. The van der Waals surface area contributed by atoms with E-state index in [9.17, 15) is 9.59 Å². The van der Waals surface area contributed by atoms with Gasteiger partial charge in [0.2, 0.25) is 11.8 Å². The summed E-state index contributed by atoms with van der Waals surface area (Å²) in [6.07, 6.45) is 5.61. The average molecular weight is 338 g/mol. The van der Waals surface area contributed by atoms with Crippen LogP contribution in [-0.2, 0) is 16.6 Å². The van der Waals surface area contributed by atoms with Gasteiger partial charge in [0.05, 0.1) is 17.9 Å². The van der Waals surface area contributed by atoms with E-state index in [0.717, 1.165) is 11.3 Å². The molecule has 2 amide bonds. The molecular formula is C19H22N4O2. The van der Waals surface area contributed by atoms with Gasteiger partial charge in [0.1, 0.15) is 0 Å². The minimum atomic E-state index is -0.193. The standard InChI is InChI=1S/C19H22N4O2/c1-13-4-6-15(7-5-13)8-14(2)19(25)21-16-9-18(24)23(11-16)17-10-20-22(3)12-17/h4-8,10,12,16H,9,11H2,1-3H3,(H,21,25)/b14-8+. The molecule has 6 nitrogen and oxygen atoms in total. The number of carbonyl (C=O) groups excluding carboxylic acids is 2. The van der Waals surface area contributed by atoms with E-state index in [4.69, 9.17) is 0 Å². The third-order valence-electron chi connectivity index (χ3n) is 4.28.